The van der Waals surface area contributed by atoms with Crippen molar-refractivity contribution in [3.8, 4) is 11.4 Å². The number of anilines is 2. The van der Waals surface area contributed by atoms with E-state index in [1.807, 2.05) is 6.07 Å². The summed E-state index contributed by atoms with van der Waals surface area (Å²) in [7, 11) is -3.88. The van der Waals surface area contributed by atoms with Crippen LogP contribution in [0.5, 0.6) is 0 Å². The first-order valence-corrected chi connectivity index (χ1v) is 11.5. The maximum Gasteiger partial charge on any atom is 0.262 e. The van der Waals surface area contributed by atoms with E-state index < -0.39 is 10.0 Å². The van der Waals surface area contributed by atoms with Crippen LogP contribution in [-0.2, 0) is 21.2 Å². The van der Waals surface area contributed by atoms with E-state index >= 15 is 0 Å². The van der Waals surface area contributed by atoms with Crippen LogP contribution in [0.25, 0.3) is 11.4 Å². The summed E-state index contributed by atoms with van der Waals surface area (Å²) in [5, 5.41) is 6.62. The van der Waals surface area contributed by atoms with E-state index in [1.165, 1.54) is 13.0 Å². The van der Waals surface area contributed by atoms with Crippen LogP contribution in [0.3, 0.4) is 0 Å². The lowest BCUT2D eigenvalue weighted by Gasteiger charge is -2.14. The van der Waals surface area contributed by atoms with Crippen molar-refractivity contribution in [2.45, 2.75) is 25.2 Å². The van der Waals surface area contributed by atoms with Crippen molar-refractivity contribution in [3.63, 3.8) is 0 Å². The third-order valence-electron chi connectivity index (χ3n) is 4.78. The zero-order valence-corrected chi connectivity index (χ0v) is 18.8. The van der Waals surface area contributed by atoms with Gasteiger partial charge in [0.2, 0.25) is 17.6 Å². The van der Waals surface area contributed by atoms with Gasteiger partial charge < -0.3 is 9.84 Å². The number of aryl methyl sites for hydroxylation is 1. The number of benzene rings is 2. The quantitative estimate of drug-likeness (QED) is 0.427. The number of para-hydroxylation sites is 1. The van der Waals surface area contributed by atoms with Crippen molar-refractivity contribution >= 4 is 27.3 Å². The van der Waals surface area contributed by atoms with Crippen LogP contribution in [0.4, 0.5) is 11.4 Å². The van der Waals surface area contributed by atoms with E-state index in [2.05, 4.69) is 25.2 Å². The molecule has 4 rings (SSSR count). The zero-order valence-electron chi connectivity index (χ0n) is 17.9. The average Bonchev–Trinajstić information content (AvgIpc) is 3.23. The largest absolute Gasteiger partial charge is 0.339 e. The van der Waals surface area contributed by atoms with Gasteiger partial charge in [0.15, 0.2) is 0 Å². The fourth-order valence-corrected chi connectivity index (χ4v) is 4.64. The summed E-state index contributed by atoms with van der Waals surface area (Å²) in [5.41, 5.74) is 2.84. The number of carbonyl (C=O) groups excluding carboxylic acids is 1. The summed E-state index contributed by atoms with van der Waals surface area (Å²) >= 11 is 0. The Bertz CT molecular complexity index is 1400. The third kappa shape index (κ3) is 5.24. The molecule has 4 aromatic rings. The molecule has 2 heterocycles. The predicted molar refractivity (Wildman–Crippen MR) is 123 cm³/mol. The maximum absolute atomic E-state index is 13.1. The van der Waals surface area contributed by atoms with Crippen LogP contribution in [0.2, 0.25) is 0 Å². The highest BCUT2D eigenvalue weighted by Gasteiger charge is 2.20. The Kier molecular flexibility index (Phi) is 6.18. The number of carbonyl (C=O) groups is 1. The number of hydrogen-bond acceptors (Lipinski definition) is 7. The van der Waals surface area contributed by atoms with E-state index in [9.17, 15) is 13.2 Å². The number of nitrogens with one attached hydrogen (secondary N) is 2. The lowest BCUT2D eigenvalue weighted by atomic mass is 10.1. The molecule has 2 N–H and O–H groups in total. The first-order valence-electron chi connectivity index (χ1n) is 10.0. The van der Waals surface area contributed by atoms with Gasteiger partial charge in [0.05, 0.1) is 17.0 Å². The van der Waals surface area contributed by atoms with Crippen LogP contribution in [0.1, 0.15) is 23.9 Å². The molecule has 0 saturated carbocycles. The Balaban J connectivity index is 1.57. The van der Waals surface area contributed by atoms with Crippen molar-refractivity contribution < 1.29 is 17.7 Å². The average molecular weight is 464 g/mol. The molecule has 2 aromatic carbocycles. The van der Waals surface area contributed by atoms with Gasteiger partial charge in [0.25, 0.3) is 10.0 Å². The van der Waals surface area contributed by atoms with Gasteiger partial charge >= 0.3 is 0 Å². The summed E-state index contributed by atoms with van der Waals surface area (Å²) in [6.45, 7) is 3.06. The molecule has 0 aliphatic carbocycles. The molecule has 0 radical (unpaired) electrons. The first-order chi connectivity index (χ1) is 15.8. The van der Waals surface area contributed by atoms with Crippen LogP contribution < -0.4 is 10.0 Å². The molecule has 0 aliphatic heterocycles. The van der Waals surface area contributed by atoms with Crippen molar-refractivity contribution in [2.75, 3.05) is 10.0 Å². The minimum absolute atomic E-state index is 0.114. The predicted octanol–water partition coefficient (Wildman–Crippen LogP) is 3.79. The molecule has 33 heavy (non-hydrogen) atoms. The zero-order chi connectivity index (χ0) is 23.4. The van der Waals surface area contributed by atoms with E-state index in [0.717, 1.165) is 5.56 Å². The van der Waals surface area contributed by atoms with Gasteiger partial charge in [-0.1, -0.05) is 23.4 Å². The smallest absolute Gasteiger partial charge is 0.262 e. The number of rotatable bonds is 7. The normalized spacial score (nSPS) is 11.2. The number of sulfonamides is 1. The summed E-state index contributed by atoms with van der Waals surface area (Å²) in [4.78, 5) is 19.8. The Labute approximate surface area is 190 Å². The van der Waals surface area contributed by atoms with E-state index in [-0.39, 0.29) is 17.2 Å². The van der Waals surface area contributed by atoms with Gasteiger partial charge in [-0.25, -0.2) is 8.42 Å². The monoisotopic (exact) mass is 463 g/mol. The molecule has 0 unspecified atom stereocenters. The highest BCUT2D eigenvalue weighted by atomic mass is 32.2. The van der Waals surface area contributed by atoms with Crippen LogP contribution in [0.15, 0.2) is 76.4 Å². The Morgan fingerprint density at radius 1 is 1.09 bits per heavy atom. The summed E-state index contributed by atoms with van der Waals surface area (Å²) < 4.78 is 34.2. The summed E-state index contributed by atoms with van der Waals surface area (Å²) in [6.07, 6.45) is 3.53. The van der Waals surface area contributed by atoms with Gasteiger partial charge in [-0.15, -0.1) is 0 Å². The molecule has 9 nitrogen and oxygen atoms in total. The number of aromatic nitrogens is 3. The third-order valence-corrected chi connectivity index (χ3v) is 6.30. The number of amides is 1. The summed E-state index contributed by atoms with van der Waals surface area (Å²) in [6, 6.07) is 15.2. The molecular weight excluding hydrogens is 442 g/mol. The number of pyridine rings is 1. The van der Waals surface area contributed by atoms with Gasteiger partial charge in [-0.3, -0.25) is 14.5 Å². The maximum atomic E-state index is 13.1. The van der Waals surface area contributed by atoms with Crippen molar-refractivity contribution in [3.05, 3.63) is 84.0 Å². The Morgan fingerprint density at radius 2 is 1.91 bits per heavy atom. The molecule has 0 atom stereocenters. The second kappa shape index (κ2) is 9.21. The molecule has 0 fully saturated rings. The van der Waals surface area contributed by atoms with Gasteiger partial charge in [-0.05, 0) is 54.4 Å². The highest BCUT2D eigenvalue weighted by Crippen LogP contribution is 2.26. The molecule has 0 bridgehead atoms. The molecule has 2 aromatic heterocycles. The standard InChI is InChI=1S/C23H21N5O4S/c1-15-12-19(25-16(2)29)9-10-21(15)33(30,31)28-20-8-4-3-6-17(20)13-22-26-23(27-32-22)18-7-5-11-24-14-18/h3-12,14,28H,13H2,1-2H3,(H,25,29). The molecular formula is C23H21N5O4S. The van der Waals surface area contributed by atoms with Crippen molar-refractivity contribution in [1.82, 2.24) is 15.1 Å². The van der Waals surface area contributed by atoms with Crippen molar-refractivity contribution in [2.24, 2.45) is 0 Å². The van der Waals surface area contributed by atoms with Crippen LogP contribution in [-0.4, -0.2) is 29.4 Å². The molecule has 0 aliphatic rings. The molecule has 168 valence electrons. The fraction of sp³-hybridized carbons (Fsp3) is 0.130. The van der Waals surface area contributed by atoms with Crippen LogP contribution in [0, 0.1) is 6.92 Å². The second-order valence-electron chi connectivity index (χ2n) is 7.35. The molecule has 0 saturated heterocycles. The van der Waals surface area contributed by atoms with Crippen LogP contribution >= 0.6 is 0 Å². The van der Waals surface area contributed by atoms with E-state index in [1.54, 1.807) is 61.8 Å². The SMILES string of the molecule is CC(=O)Nc1ccc(S(=O)(=O)Nc2ccccc2Cc2nc(-c3cccnc3)no2)c(C)c1. The topological polar surface area (TPSA) is 127 Å². The van der Waals surface area contributed by atoms with Gasteiger partial charge in [0, 0.05) is 30.6 Å². The molecule has 10 heteroatoms. The van der Waals surface area contributed by atoms with E-state index in [0.29, 0.717) is 34.2 Å². The second-order valence-corrected chi connectivity index (χ2v) is 9.01. The molecule has 0 spiro atoms. The minimum Gasteiger partial charge on any atom is -0.339 e. The van der Waals surface area contributed by atoms with Gasteiger partial charge in [0.1, 0.15) is 0 Å². The Morgan fingerprint density at radius 3 is 2.64 bits per heavy atom. The molecule has 1 amide bonds. The van der Waals surface area contributed by atoms with Gasteiger partial charge in [-0.2, -0.15) is 4.98 Å². The lowest BCUT2D eigenvalue weighted by Crippen LogP contribution is -2.16. The lowest BCUT2D eigenvalue weighted by molar-refractivity contribution is -0.114. The highest BCUT2D eigenvalue weighted by molar-refractivity contribution is 7.92. The fourth-order valence-electron chi connectivity index (χ4n) is 3.31. The first kappa shape index (κ1) is 22.2. The van der Waals surface area contributed by atoms with Crippen molar-refractivity contribution in [1.29, 1.82) is 0 Å². The van der Waals surface area contributed by atoms with E-state index in [4.69, 9.17) is 4.52 Å². The Hall–Kier alpha value is -4.05. The summed E-state index contributed by atoms with van der Waals surface area (Å²) in [5.74, 6) is 0.521. The minimum atomic E-state index is -3.88. The number of hydrogen-bond donors (Lipinski definition) is 2. The number of nitrogens with zero attached hydrogens (tertiary/aromatic N) is 3.